The molecule has 0 radical (unpaired) electrons. The fourth-order valence-corrected chi connectivity index (χ4v) is 3.25. The summed E-state index contributed by atoms with van der Waals surface area (Å²) in [6, 6.07) is 9.83. The van der Waals surface area contributed by atoms with Gasteiger partial charge in [0.2, 0.25) is 11.7 Å². The third-order valence-electron chi connectivity index (χ3n) is 4.53. The number of hydrogen-bond donors (Lipinski definition) is 1. The first-order chi connectivity index (χ1) is 13.5. The molecule has 2 aromatic heterocycles. The number of aliphatic hydroxyl groups excluding tert-OH is 1. The zero-order chi connectivity index (χ0) is 19.8. The molecule has 3 heterocycles. The highest BCUT2D eigenvalue weighted by atomic mass is 19.1. The maximum absolute atomic E-state index is 14.7. The van der Waals surface area contributed by atoms with E-state index in [4.69, 9.17) is 4.42 Å². The minimum Gasteiger partial charge on any atom is -0.505 e. The molecule has 0 amide bonds. The average Bonchev–Trinajstić information content (AvgIpc) is 3.24. The first kappa shape index (κ1) is 17.7. The van der Waals surface area contributed by atoms with Gasteiger partial charge in [-0.25, -0.2) is 14.4 Å². The number of anilines is 1. The van der Waals surface area contributed by atoms with Crippen molar-refractivity contribution in [2.75, 3.05) is 4.90 Å². The molecule has 1 aliphatic rings. The zero-order valence-electron chi connectivity index (χ0n) is 15.0. The standard InChI is InChI=1S/C21H16FN3O3/c1-12-8-9-16(28-12)20(27)17-18(14-6-3-4-7-15(14)22)25(13(2)19(17)26)21-23-10-5-11-24-21/h3-11,18,26H,2H2,1H3. The summed E-state index contributed by atoms with van der Waals surface area (Å²) >= 11 is 0. The molecule has 0 aliphatic carbocycles. The van der Waals surface area contributed by atoms with Gasteiger partial charge < -0.3 is 9.52 Å². The smallest absolute Gasteiger partial charge is 0.230 e. The Bertz CT molecular complexity index is 1100. The van der Waals surface area contributed by atoms with E-state index in [-0.39, 0.29) is 34.3 Å². The van der Waals surface area contributed by atoms with Crippen LogP contribution in [0.2, 0.25) is 0 Å². The number of hydrogen-bond acceptors (Lipinski definition) is 6. The monoisotopic (exact) mass is 377 g/mol. The summed E-state index contributed by atoms with van der Waals surface area (Å²) in [5.74, 6) is -0.657. The number of ketones is 1. The van der Waals surface area contributed by atoms with Gasteiger partial charge in [-0.3, -0.25) is 9.69 Å². The fourth-order valence-electron chi connectivity index (χ4n) is 3.25. The number of benzene rings is 1. The Morgan fingerprint density at radius 1 is 1.18 bits per heavy atom. The van der Waals surface area contributed by atoms with Crippen LogP contribution < -0.4 is 4.90 Å². The molecule has 0 saturated carbocycles. The lowest BCUT2D eigenvalue weighted by Gasteiger charge is -2.27. The second kappa shape index (κ2) is 6.77. The Balaban J connectivity index is 1.91. The van der Waals surface area contributed by atoms with E-state index in [1.54, 1.807) is 37.3 Å². The second-order valence-corrected chi connectivity index (χ2v) is 6.29. The number of nitrogens with zero attached hydrogens (tertiary/aromatic N) is 3. The van der Waals surface area contributed by atoms with Crippen LogP contribution in [0.25, 0.3) is 0 Å². The number of aliphatic hydroxyl groups is 1. The van der Waals surface area contributed by atoms with Crippen LogP contribution >= 0.6 is 0 Å². The Hall–Kier alpha value is -3.74. The van der Waals surface area contributed by atoms with Crippen LogP contribution in [0, 0.1) is 12.7 Å². The van der Waals surface area contributed by atoms with Gasteiger partial charge in [0.25, 0.3) is 0 Å². The maximum Gasteiger partial charge on any atom is 0.230 e. The Kier molecular flexibility index (Phi) is 4.27. The third-order valence-corrected chi connectivity index (χ3v) is 4.53. The van der Waals surface area contributed by atoms with Gasteiger partial charge in [0.1, 0.15) is 17.3 Å². The van der Waals surface area contributed by atoms with E-state index in [1.807, 2.05) is 0 Å². The fraction of sp³-hybridized carbons (Fsp3) is 0.0952. The molecular formula is C21H16FN3O3. The van der Waals surface area contributed by atoms with E-state index < -0.39 is 17.6 Å². The topological polar surface area (TPSA) is 79.5 Å². The number of aryl methyl sites for hydroxylation is 1. The van der Waals surface area contributed by atoms with Crippen molar-refractivity contribution in [2.45, 2.75) is 13.0 Å². The highest BCUT2D eigenvalue weighted by molar-refractivity contribution is 6.10. The summed E-state index contributed by atoms with van der Waals surface area (Å²) in [5.41, 5.74) is 0.245. The molecule has 3 aromatic rings. The molecule has 7 heteroatoms. The van der Waals surface area contributed by atoms with Crippen LogP contribution in [-0.4, -0.2) is 20.9 Å². The van der Waals surface area contributed by atoms with E-state index in [0.717, 1.165) is 0 Å². The average molecular weight is 377 g/mol. The van der Waals surface area contributed by atoms with Crippen LogP contribution in [0.4, 0.5) is 10.3 Å². The lowest BCUT2D eigenvalue weighted by atomic mass is 9.95. The minimum atomic E-state index is -0.992. The molecule has 0 saturated heterocycles. The van der Waals surface area contributed by atoms with Crippen molar-refractivity contribution in [2.24, 2.45) is 0 Å². The molecule has 1 aliphatic heterocycles. The van der Waals surface area contributed by atoms with Crippen LogP contribution in [0.1, 0.15) is 27.9 Å². The Morgan fingerprint density at radius 3 is 2.54 bits per heavy atom. The predicted molar refractivity (Wildman–Crippen MR) is 100 cm³/mol. The van der Waals surface area contributed by atoms with Gasteiger partial charge in [-0.2, -0.15) is 0 Å². The largest absolute Gasteiger partial charge is 0.505 e. The van der Waals surface area contributed by atoms with Crippen molar-refractivity contribution < 1.29 is 18.7 Å². The van der Waals surface area contributed by atoms with Crippen LogP contribution in [0.3, 0.4) is 0 Å². The van der Waals surface area contributed by atoms with Gasteiger partial charge in [0, 0.05) is 18.0 Å². The summed E-state index contributed by atoms with van der Waals surface area (Å²) in [6.45, 7) is 5.57. The molecule has 0 bridgehead atoms. The lowest BCUT2D eigenvalue weighted by molar-refractivity contribution is 0.0994. The number of carbonyl (C=O) groups is 1. The van der Waals surface area contributed by atoms with Crippen molar-refractivity contribution in [3.63, 3.8) is 0 Å². The Morgan fingerprint density at radius 2 is 1.89 bits per heavy atom. The molecule has 28 heavy (non-hydrogen) atoms. The van der Waals surface area contributed by atoms with Crippen molar-refractivity contribution >= 4 is 11.7 Å². The number of rotatable bonds is 4. The molecule has 0 fully saturated rings. The molecule has 6 nitrogen and oxygen atoms in total. The summed E-state index contributed by atoms with van der Waals surface area (Å²) in [6.07, 6.45) is 3.03. The lowest BCUT2D eigenvalue weighted by Crippen LogP contribution is -2.27. The van der Waals surface area contributed by atoms with Crippen molar-refractivity contribution in [1.82, 2.24) is 9.97 Å². The number of carbonyl (C=O) groups excluding carboxylic acids is 1. The minimum absolute atomic E-state index is 0.0445. The molecular weight excluding hydrogens is 361 g/mol. The number of Topliss-reactive ketones (excluding diaryl/α,β-unsaturated/α-hetero) is 1. The van der Waals surface area contributed by atoms with Gasteiger partial charge in [-0.05, 0) is 31.2 Å². The molecule has 1 unspecified atom stereocenters. The van der Waals surface area contributed by atoms with Gasteiger partial charge >= 0.3 is 0 Å². The molecule has 1 aromatic carbocycles. The predicted octanol–water partition coefficient (Wildman–Crippen LogP) is 4.29. The summed E-state index contributed by atoms with van der Waals surface area (Å²) < 4.78 is 20.1. The SMILES string of the molecule is C=C1C(O)=C(C(=O)c2ccc(C)o2)C(c2ccccc2F)N1c1ncccn1. The Labute approximate surface area is 160 Å². The van der Waals surface area contributed by atoms with Gasteiger partial charge in [-0.1, -0.05) is 24.8 Å². The van der Waals surface area contributed by atoms with Crippen molar-refractivity contribution in [3.05, 3.63) is 101 Å². The highest BCUT2D eigenvalue weighted by Crippen LogP contribution is 2.45. The maximum atomic E-state index is 14.7. The number of aromatic nitrogens is 2. The van der Waals surface area contributed by atoms with E-state index in [2.05, 4.69) is 16.5 Å². The van der Waals surface area contributed by atoms with Crippen molar-refractivity contribution in [3.8, 4) is 0 Å². The molecule has 140 valence electrons. The summed E-state index contributed by atoms with van der Waals surface area (Å²) in [7, 11) is 0. The molecule has 4 rings (SSSR count). The van der Waals surface area contributed by atoms with Gasteiger partial charge in [0.05, 0.1) is 17.3 Å². The summed E-state index contributed by atoms with van der Waals surface area (Å²) in [5, 5.41) is 10.7. The number of halogens is 1. The van der Waals surface area contributed by atoms with E-state index >= 15 is 0 Å². The van der Waals surface area contributed by atoms with E-state index in [1.165, 1.54) is 29.4 Å². The first-order valence-electron chi connectivity index (χ1n) is 8.53. The van der Waals surface area contributed by atoms with Gasteiger partial charge in [-0.15, -0.1) is 0 Å². The first-order valence-corrected chi connectivity index (χ1v) is 8.53. The van der Waals surface area contributed by atoms with Crippen molar-refractivity contribution in [1.29, 1.82) is 0 Å². The second-order valence-electron chi connectivity index (χ2n) is 6.29. The van der Waals surface area contributed by atoms with Crippen LogP contribution in [-0.2, 0) is 0 Å². The molecule has 1 atom stereocenters. The van der Waals surface area contributed by atoms with Crippen LogP contribution in [0.5, 0.6) is 0 Å². The van der Waals surface area contributed by atoms with Gasteiger partial charge in [0.15, 0.2) is 5.76 Å². The summed E-state index contributed by atoms with van der Waals surface area (Å²) in [4.78, 5) is 22.9. The van der Waals surface area contributed by atoms with E-state index in [9.17, 15) is 14.3 Å². The normalized spacial score (nSPS) is 16.7. The third kappa shape index (κ3) is 2.77. The quantitative estimate of drug-likeness (QED) is 0.684. The van der Waals surface area contributed by atoms with E-state index in [0.29, 0.717) is 5.76 Å². The number of furan rings is 1. The zero-order valence-corrected chi connectivity index (χ0v) is 15.0. The van der Waals surface area contributed by atoms with Crippen LogP contribution in [0.15, 0.2) is 82.9 Å². The molecule has 0 spiro atoms. The molecule has 1 N–H and O–H groups in total. The highest BCUT2D eigenvalue weighted by Gasteiger charge is 2.44.